The summed E-state index contributed by atoms with van der Waals surface area (Å²) < 4.78 is 0. The molecule has 2 aromatic rings. The molecule has 2 aromatic carbocycles. The van der Waals surface area contributed by atoms with Gasteiger partial charge < -0.3 is 20.6 Å². The first-order valence-corrected chi connectivity index (χ1v) is 6.13. The number of carbonyl (C=O) groups is 1. The van der Waals surface area contributed by atoms with Crippen LogP contribution >= 0.6 is 11.6 Å². The van der Waals surface area contributed by atoms with Gasteiger partial charge in [0.2, 0.25) is 0 Å². The minimum atomic E-state index is -0.644. The fraction of sp³-hybridized carbons (Fsp3) is 0.0714. The molecule has 4 N–H and O–H groups in total. The minimum absolute atomic E-state index is 0.218. The summed E-state index contributed by atoms with van der Waals surface area (Å²) in [7, 11) is 0. The third-order valence-electron chi connectivity index (χ3n) is 2.67. The number of hydrogen-bond acceptors (Lipinski definition) is 4. The molecule has 0 fully saturated rings. The third-order valence-corrected chi connectivity index (χ3v) is 2.93. The van der Waals surface area contributed by atoms with Gasteiger partial charge >= 0.3 is 0 Å². The lowest BCUT2D eigenvalue weighted by molar-refractivity contribution is 0.0945. The molecule has 0 saturated carbocycles. The summed E-state index contributed by atoms with van der Waals surface area (Å²) in [5.41, 5.74) is 0.539. The molecule has 2 rings (SSSR count). The summed E-state index contributed by atoms with van der Waals surface area (Å²) in [5.74, 6) is -1.95. The number of amides is 1. The Kier molecular flexibility index (Phi) is 4.00. The van der Waals surface area contributed by atoms with Gasteiger partial charge in [0, 0.05) is 23.7 Å². The molecular formula is C14H12ClNO4. The molecule has 104 valence electrons. The van der Waals surface area contributed by atoms with E-state index in [2.05, 4.69) is 5.32 Å². The summed E-state index contributed by atoms with van der Waals surface area (Å²) in [6.45, 7) is 0.218. The Morgan fingerprint density at radius 3 is 2.15 bits per heavy atom. The van der Waals surface area contributed by atoms with Crippen LogP contribution in [0.15, 0.2) is 36.4 Å². The number of benzene rings is 2. The van der Waals surface area contributed by atoms with Crippen LogP contribution in [-0.2, 0) is 6.54 Å². The number of phenols is 3. The van der Waals surface area contributed by atoms with Crippen molar-refractivity contribution in [1.82, 2.24) is 5.32 Å². The van der Waals surface area contributed by atoms with Gasteiger partial charge in [0.15, 0.2) is 0 Å². The summed E-state index contributed by atoms with van der Waals surface area (Å²) in [4.78, 5) is 11.9. The Bertz CT molecular complexity index is 617. The first kappa shape index (κ1) is 14.0. The van der Waals surface area contributed by atoms with Crippen molar-refractivity contribution in [3.8, 4) is 17.2 Å². The van der Waals surface area contributed by atoms with Crippen LogP contribution in [0.5, 0.6) is 17.2 Å². The maximum Gasteiger partial charge on any atom is 0.259 e. The van der Waals surface area contributed by atoms with E-state index in [0.717, 1.165) is 17.7 Å². The van der Waals surface area contributed by atoms with Gasteiger partial charge in [0.25, 0.3) is 5.91 Å². The lowest BCUT2D eigenvalue weighted by atomic mass is 10.1. The zero-order valence-electron chi connectivity index (χ0n) is 10.3. The Hall–Kier alpha value is -2.40. The molecule has 0 bridgehead atoms. The van der Waals surface area contributed by atoms with Crippen LogP contribution < -0.4 is 5.32 Å². The molecule has 0 aliphatic heterocycles. The standard InChI is InChI=1S/C14H12ClNO4/c15-9-3-1-8(2-4-9)7-16-14(20)13-11(18)5-10(17)6-12(13)19/h1-6,17-19H,7H2,(H,16,20). The summed E-state index contributed by atoms with van der Waals surface area (Å²) in [6.07, 6.45) is 0. The van der Waals surface area contributed by atoms with Gasteiger partial charge in [-0.3, -0.25) is 4.79 Å². The van der Waals surface area contributed by atoms with E-state index >= 15 is 0 Å². The summed E-state index contributed by atoms with van der Waals surface area (Å²) in [6, 6.07) is 8.85. The van der Waals surface area contributed by atoms with Crippen LogP contribution in [-0.4, -0.2) is 21.2 Å². The maximum atomic E-state index is 11.9. The van der Waals surface area contributed by atoms with Crippen LogP contribution in [0.1, 0.15) is 15.9 Å². The number of phenolic OH excluding ortho intramolecular Hbond substituents is 3. The molecule has 0 aliphatic rings. The highest BCUT2D eigenvalue weighted by Crippen LogP contribution is 2.31. The zero-order valence-corrected chi connectivity index (χ0v) is 11.1. The molecule has 0 aromatic heterocycles. The number of aromatic hydroxyl groups is 3. The van der Waals surface area contributed by atoms with Crippen molar-refractivity contribution in [3.05, 3.63) is 52.5 Å². The third kappa shape index (κ3) is 3.13. The smallest absolute Gasteiger partial charge is 0.259 e. The van der Waals surface area contributed by atoms with E-state index in [9.17, 15) is 15.0 Å². The molecule has 0 atom stereocenters. The highest BCUT2D eigenvalue weighted by atomic mass is 35.5. The Morgan fingerprint density at radius 2 is 1.60 bits per heavy atom. The van der Waals surface area contributed by atoms with E-state index in [-0.39, 0.29) is 17.9 Å². The van der Waals surface area contributed by atoms with Gasteiger partial charge in [-0.05, 0) is 17.7 Å². The second-order valence-electron chi connectivity index (χ2n) is 4.17. The average Bonchev–Trinajstić information content (AvgIpc) is 2.37. The van der Waals surface area contributed by atoms with Crippen molar-refractivity contribution >= 4 is 17.5 Å². The van der Waals surface area contributed by atoms with Crippen molar-refractivity contribution in [2.24, 2.45) is 0 Å². The molecule has 0 radical (unpaired) electrons. The average molecular weight is 294 g/mol. The summed E-state index contributed by atoms with van der Waals surface area (Å²) in [5, 5.41) is 31.5. The molecule has 0 saturated heterocycles. The molecule has 20 heavy (non-hydrogen) atoms. The highest BCUT2D eigenvalue weighted by molar-refractivity contribution is 6.30. The van der Waals surface area contributed by atoms with E-state index < -0.39 is 17.4 Å². The van der Waals surface area contributed by atoms with Gasteiger partial charge in [0.05, 0.1) is 0 Å². The first-order chi connectivity index (χ1) is 9.47. The van der Waals surface area contributed by atoms with Gasteiger partial charge in [-0.2, -0.15) is 0 Å². The maximum absolute atomic E-state index is 11.9. The number of rotatable bonds is 3. The Labute approximate surface area is 120 Å². The lowest BCUT2D eigenvalue weighted by Gasteiger charge is -2.09. The van der Waals surface area contributed by atoms with Crippen LogP contribution in [0.4, 0.5) is 0 Å². The molecule has 0 unspecified atom stereocenters. The second-order valence-corrected chi connectivity index (χ2v) is 4.60. The Morgan fingerprint density at radius 1 is 1.05 bits per heavy atom. The van der Waals surface area contributed by atoms with Gasteiger partial charge in [-0.15, -0.1) is 0 Å². The first-order valence-electron chi connectivity index (χ1n) is 5.75. The SMILES string of the molecule is O=C(NCc1ccc(Cl)cc1)c1c(O)cc(O)cc1O. The number of hydrogen-bond donors (Lipinski definition) is 4. The van der Waals surface area contributed by atoms with Crippen LogP contribution in [0, 0.1) is 0 Å². The monoisotopic (exact) mass is 293 g/mol. The molecular weight excluding hydrogens is 282 g/mol. The number of nitrogens with one attached hydrogen (secondary N) is 1. The van der Waals surface area contributed by atoms with E-state index in [4.69, 9.17) is 16.7 Å². The molecule has 0 spiro atoms. The lowest BCUT2D eigenvalue weighted by Crippen LogP contribution is -2.22. The van der Waals surface area contributed by atoms with Crippen LogP contribution in [0.3, 0.4) is 0 Å². The molecule has 0 aliphatic carbocycles. The van der Waals surface area contributed by atoms with Gasteiger partial charge in [-0.1, -0.05) is 23.7 Å². The summed E-state index contributed by atoms with van der Waals surface area (Å²) >= 11 is 5.75. The predicted octanol–water partition coefficient (Wildman–Crippen LogP) is 2.39. The fourth-order valence-corrected chi connectivity index (χ4v) is 1.83. The molecule has 1 amide bonds. The fourth-order valence-electron chi connectivity index (χ4n) is 1.70. The van der Waals surface area contributed by atoms with E-state index in [0.29, 0.717) is 5.02 Å². The highest BCUT2D eigenvalue weighted by Gasteiger charge is 2.17. The number of halogens is 1. The van der Waals surface area contributed by atoms with Crippen LogP contribution in [0.25, 0.3) is 0 Å². The van der Waals surface area contributed by atoms with Crippen molar-refractivity contribution in [2.75, 3.05) is 0 Å². The molecule has 6 heteroatoms. The predicted molar refractivity (Wildman–Crippen MR) is 74.1 cm³/mol. The van der Waals surface area contributed by atoms with E-state index in [1.807, 2.05) is 0 Å². The van der Waals surface area contributed by atoms with Crippen molar-refractivity contribution < 1.29 is 20.1 Å². The number of carbonyl (C=O) groups excluding carboxylic acids is 1. The van der Waals surface area contributed by atoms with Crippen LogP contribution in [0.2, 0.25) is 5.02 Å². The normalized spacial score (nSPS) is 10.2. The van der Waals surface area contributed by atoms with E-state index in [1.54, 1.807) is 24.3 Å². The van der Waals surface area contributed by atoms with Crippen molar-refractivity contribution in [2.45, 2.75) is 6.54 Å². The quantitative estimate of drug-likeness (QED) is 0.699. The minimum Gasteiger partial charge on any atom is -0.508 e. The Balaban J connectivity index is 2.11. The van der Waals surface area contributed by atoms with E-state index in [1.165, 1.54) is 0 Å². The largest absolute Gasteiger partial charge is 0.508 e. The van der Waals surface area contributed by atoms with Gasteiger partial charge in [-0.25, -0.2) is 0 Å². The van der Waals surface area contributed by atoms with Crippen molar-refractivity contribution in [1.29, 1.82) is 0 Å². The van der Waals surface area contributed by atoms with Gasteiger partial charge in [0.1, 0.15) is 22.8 Å². The molecule has 0 heterocycles. The second kappa shape index (κ2) is 5.71. The topological polar surface area (TPSA) is 89.8 Å². The van der Waals surface area contributed by atoms with Crippen molar-refractivity contribution in [3.63, 3.8) is 0 Å². The molecule has 5 nitrogen and oxygen atoms in total. The zero-order chi connectivity index (χ0) is 14.7.